The molecule has 2 atom stereocenters. The third-order valence-electron chi connectivity index (χ3n) is 2.55. The van der Waals surface area contributed by atoms with Gasteiger partial charge in [0.2, 0.25) is 0 Å². The summed E-state index contributed by atoms with van der Waals surface area (Å²) >= 11 is 0. The summed E-state index contributed by atoms with van der Waals surface area (Å²) in [6.45, 7) is 0. The summed E-state index contributed by atoms with van der Waals surface area (Å²) < 4.78 is 0. The number of rotatable bonds is 2. The molecule has 76 valence electrons. The number of benzene rings is 1. The Hall–Kier alpha value is -0.0201. The molecule has 1 heterocycles. The molecule has 1 aromatic carbocycles. The molecule has 0 amide bonds. The monoisotopic (exact) mass is 213 g/mol. The molecule has 0 aromatic heterocycles. The van der Waals surface area contributed by atoms with Gasteiger partial charge < -0.3 is 10.1 Å². The third kappa shape index (κ3) is 3.80. The van der Waals surface area contributed by atoms with E-state index < -0.39 is 0 Å². The Morgan fingerprint density at radius 1 is 1.20 bits per heavy atom. The van der Waals surface area contributed by atoms with Crippen LogP contribution < -0.4 is 5.32 Å². The van der Waals surface area contributed by atoms with Crippen molar-refractivity contribution in [2.24, 2.45) is 0 Å². The van der Waals surface area contributed by atoms with Crippen LogP contribution in [-0.4, -0.2) is 48.5 Å². The summed E-state index contributed by atoms with van der Waals surface area (Å²) in [7, 11) is 0. The molecule has 0 bridgehead atoms. The van der Waals surface area contributed by atoms with Crippen molar-refractivity contribution in [3.8, 4) is 0 Å². The van der Waals surface area contributed by atoms with Gasteiger partial charge in [-0.05, 0) is 18.4 Å². The average Bonchev–Trinajstić information content (AvgIpc) is 2.67. The van der Waals surface area contributed by atoms with Crippen molar-refractivity contribution in [1.29, 1.82) is 0 Å². The normalized spacial score (nSPS) is 23.7. The summed E-state index contributed by atoms with van der Waals surface area (Å²) in [6, 6.07) is 10.7. The summed E-state index contributed by atoms with van der Waals surface area (Å²) in [6.07, 6.45) is 3.03. The maximum atomic E-state index is 10.5. The fraction of sp³-hybridized carbons (Fsp3) is 0.364. The predicted octanol–water partition coefficient (Wildman–Crippen LogP) is -0.154. The maximum absolute atomic E-state index is 10.5. The summed E-state index contributed by atoms with van der Waals surface area (Å²) in [5.74, 6) is 0. The molecule has 1 aliphatic rings. The number of hydrogen-bond donors (Lipinski definition) is 1. The second kappa shape index (κ2) is 7.29. The van der Waals surface area contributed by atoms with Crippen LogP contribution in [-0.2, 0) is 4.79 Å². The number of carbonyl (C=O) groups is 1. The topological polar surface area (TPSA) is 29.1 Å². The van der Waals surface area contributed by atoms with Crippen molar-refractivity contribution in [1.82, 2.24) is 5.32 Å². The Bertz CT molecular complexity index is 294. The van der Waals surface area contributed by atoms with Crippen LogP contribution in [0.2, 0.25) is 0 Å². The molecule has 1 fully saturated rings. The molecule has 2 unspecified atom stereocenters. The molecule has 1 N–H and O–H groups in total. The predicted molar refractivity (Wildman–Crippen MR) is 68.5 cm³/mol. The van der Waals surface area contributed by atoms with E-state index in [2.05, 4.69) is 17.4 Å². The van der Waals surface area contributed by atoms with Crippen molar-refractivity contribution in [2.45, 2.75) is 24.9 Å². The summed E-state index contributed by atoms with van der Waals surface area (Å²) in [4.78, 5) is 10.5. The van der Waals surface area contributed by atoms with Gasteiger partial charge in [-0.3, -0.25) is 0 Å². The molecule has 2 rings (SSSR count). The zero-order valence-electron chi connectivity index (χ0n) is 7.44. The summed E-state index contributed by atoms with van der Waals surface area (Å²) in [5.41, 5.74) is 1.28. The van der Waals surface area contributed by atoms with E-state index in [4.69, 9.17) is 0 Å². The van der Waals surface area contributed by atoms with E-state index in [0.717, 1.165) is 19.1 Å². The van der Waals surface area contributed by atoms with Gasteiger partial charge in [0.25, 0.3) is 0 Å². The minimum absolute atomic E-state index is 0. The SMILES string of the molecule is O=CC1CCC(c2ccccc2)N1.[AlH3].[LiH]. The van der Waals surface area contributed by atoms with Crippen molar-refractivity contribution in [3.63, 3.8) is 0 Å². The van der Waals surface area contributed by atoms with Gasteiger partial charge in [-0.15, -0.1) is 0 Å². The van der Waals surface area contributed by atoms with E-state index in [0.29, 0.717) is 6.04 Å². The van der Waals surface area contributed by atoms with Gasteiger partial charge in [0.15, 0.2) is 17.4 Å². The Kier molecular flexibility index (Phi) is 7.28. The second-order valence-electron chi connectivity index (χ2n) is 3.45. The van der Waals surface area contributed by atoms with Crippen molar-refractivity contribution in [2.75, 3.05) is 0 Å². The Labute approximate surface area is 113 Å². The number of carbonyl (C=O) groups excluding carboxylic acids is 1. The van der Waals surface area contributed by atoms with E-state index in [9.17, 15) is 4.79 Å². The molecule has 0 aliphatic carbocycles. The number of nitrogens with one attached hydrogen (secondary N) is 1. The number of hydrogen-bond acceptors (Lipinski definition) is 2. The Morgan fingerprint density at radius 2 is 1.87 bits per heavy atom. The Balaban J connectivity index is 0.000000980. The van der Waals surface area contributed by atoms with E-state index in [1.807, 2.05) is 18.2 Å². The van der Waals surface area contributed by atoms with Crippen LogP contribution in [0.4, 0.5) is 0 Å². The molecule has 4 heteroatoms. The molecule has 1 saturated heterocycles. The van der Waals surface area contributed by atoms with Crippen molar-refractivity contribution in [3.05, 3.63) is 35.9 Å². The molecule has 0 spiro atoms. The van der Waals surface area contributed by atoms with E-state index in [1.54, 1.807) is 0 Å². The van der Waals surface area contributed by atoms with Gasteiger partial charge in [0.1, 0.15) is 6.29 Å². The fourth-order valence-electron chi connectivity index (χ4n) is 1.83. The third-order valence-corrected chi connectivity index (χ3v) is 2.55. The fourth-order valence-corrected chi connectivity index (χ4v) is 1.83. The number of aldehydes is 1. The van der Waals surface area contributed by atoms with Gasteiger partial charge in [0.05, 0.1) is 6.04 Å². The van der Waals surface area contributed by atoms with Crippen LogP contribution in [0.5, 0.6) is 0 Å². The Morgan fingerprint density at radius 3 is 2.40 bits per heavy atom. The van der Waals surface area contributed by atoms with Gasteiger partial charge in [-0.1, -0.05) is 30.3 Å². The molecule has 0 radical (unpaired) electrons. The van der Waals surface area contributed by atoms with E-state index >= 15 is 0 Å². The van der Waals surface area contributed by atoms with Gasteiger partial charge in [-0.25, -0.2) is 0 Å². The van der Waals surface area contributed by atoms with Crippen LogP contribution in [0.15, 0.2) is 30.3 Å². The first-order chi connectivity index (χ1) is 6.40. The molecule has 1 aliphatic heterocycles. The first kappa shape index (κ1) is 15.0. The van der Waals surface area contributed by atoms with Gasteiger partial charge in [0, 0.05) is 6.04 Å². The van der Waals surface area contributed by atoms with E-state index in [-0.39, 0.29) is 42.3 Å². The zero-order chi connectivity index (χ0) is 9.10. The van der Waals surface area contributed by atoms with Crippen LogP contribution >= 0.6 is 0 Å². The average molecular weight is 213 g/mol. The molecule has 1 aromatic rings. The first-order valence-electron chi connectivity index (χ1n) is 4.66. The molecule has 2 nitrogen and oxygen atoms in total. The minimum atomic E-state index is 0. The van der Waals surface area contributed by atoms with Crippen LogP contribution in [0.25, 0.3) is 0 Å². The molecular weight excluding hydrogens is 196 g/mol. The second-order valence-corrected chi connectivity index (χ2v) is 3.45. The summed E-state index contributed by atoms with van der Waals surface area (Å²) in [5, 5.41) is 3.29. The van der Waals surface area contributed by atoms with Crippen LogP contribution in [0, 0.1) is 0 Å². The quantitative estimate of drug-likeness (QED) is 0.546. The van der Waals surface area contributed by atoms with Crippen molar-refractivity contribution < 1.29 is 4.79 Å². The standard InChI is InChI=1S/C11H13NO.Al.Li.4H/c13-8-10-6-7-11(12-10)9-4-2-1-3-5-9;;;;;;/h1-5,8,10-12H,6-7H2;;;;;;. The van der Waals surface area contributed by atoms with Crippen LogP contribution in [0.3, 0.4) is 0 Å². The molecule has 15 heavy (non-hydrogen) atoms. The van der Waals surface area contributed by atoms with E-state index in [1.165, 1.54) is 5.56 Å². The van der Waals surface area contributed by atoms with Crippen LogP contribution in [0.1, 0.15) is 24.4 Å². The first-order valence-corrected chi connectivity index (χ1v) is 4.66. The van der Waals surface area contributed by atoms with Gasteiger partial charge in [-0.2, -0.15) is 0 Å². The molecular formula is C11H17AlLiNO. The molecule has 0 saturated carbocycles. The van der Waals surface area contributed by atoms with Gasteiger partial charge >= 0.3 is 18.9 Å². The zero-order valence-corrected chi connectivity index (χ0v) is 7.44. The van der Waals surface area contributed by atoms with Crippen molar-refractivity contribution >= 4 is 42.5 Å².